The van der Waals surface area contributed by atoms with Crippen molar-refractivity contribution in [2.45, 2.75) is 32.1 Å². The van der Waals surface area contributed by atoms with E-state index in [9.17, 15) is 14.7 Å². The summed E-state index contributed by atoms with van der Waals surface area (Å²) in [5, 5.41) is 9.76. The standard InChI is InChI=1S/C23H22O4S.C17H18O5.2CH4/c1-25-16-27-21-14-13-19(17-9-5-3-6-10-17)20(22(21)23(24)26-2)15-28-18-11-7-4-8-12-18;1-20-11-22-15-9-8-13(12-6-4-3-5-7-12)14(10-18)16(15)17(19)21-2;;/h3-14H,15-16H2,1-2H3;3-9,18H,10-11H2,1-2H3;2*1H4. The van der Waals surface area contributed by atoms with Crippen LogP contribution in [0.3, 0.4) is 0 Å². The number of aliphatic hydroxyl groups excluding tert-OH is 1. The quantitative estimate of drug-likeness (QED) is 0.0675. The van der Waals surface area contributed by atoms with Crippen LogP contribution in [0.25, 0.3) is 22.3 Å². The van der Waals surface area contributed by atoms with Crippen molar-refractivity contribution in [3.05, 3.63) is 138 Å². The van der Waals surface area contributed by atoms with Gasteiger partial charge >= 0.3 is 11.9 Å². The Bertz CT molecular complexity index is 1810. The molecule has 5 aromatic carbocycles. The van der Waals surface area contributed by atoms with Gasteiger partial charge in [0.2, 0.25) is 0 Å². The monoisotopic (exact) mass is 728 g/mol. The Kier molecular flexibility index (Phi) is 18.7. The van der Waals surface area contributed by atoms with Crippen molar-refractivity contribution >= 4 is 23.7 Å². The van der Waals surface area contributed by atoms with E-state index in [1.54, 1.807) is 37.1 Å². The van der Waals surface area contributed by atoms with E-state index in [0.717, 1.165) is 32.7 Å². The van der Waals surface area contributed by atoms with Gasteiger partial charge in [-0.25, -0.2) is 9.59 Å². The summed E-state index contributed by atoms with van der Waals surface area (Å²) in [5.74, 6) is 0.387. The lowest BCUT2D eigenvalue weighted by molar-refractivity contribution is 0.0456. The van der Waals surface area contributed by atoms with Gasteiger partial charge in [-0.2, -0.15) is 0 Å². The van der Waals surface area contributed by atoms with Gasteiger partial charge < -0.3 is 33.5 Å². The van der Waals surface area contributed by atoms with Crippen LogP contribution in [0.4, 0.5) is 0 Å². The van der Waals surface area contributed by atoms with Crippen LogP contribution < -0.4 is 9.47 Å². The second-order valence-electron chi connectivity index (χ2n) is 10.5. The zero-order valence-electron chi connectivity index (χ0n) is 28.4. The molecule has 5 aromatic rings. The Morgan fingerprint density at radius 3 is 1.37 bits per heavy atom. The predicted octanol–water partition coefficient (Wildman–Crippen LogP) is 9.30. The lowest BCUT2D eigenvalue weighted by Crippen LogP contribution is -2.12. The average molecular weight is 729 g/mol. The van der Waals surface area contributed by atoms with E-state index >= 15 is 0 Å². The van der Waals surface area contributed by atoms with Crippen molar-refractivity contribution in [3.63, 3.8) is 0 Å². The molecule has 0 amide bonds. The molecule has 0 saturated carbocycles. The maximum absolute atomic E-state index is 12.7. The number of hydrogen-bond donors (Lipinski definition) is 1. The molecule has 0 heterocycles. The fourth-order valence-electron chi connectivity index (χ4n) is 5.15. The molecule has 52 heavy (non-hydrogen) atoms. The third kappa shape index (κ3) is 11.2. The number of thioether (sulfide) groups is 1. The first-order chi connectivity index (χ1) is 24.5. The van der Waals surface area contributed by atoms with Crippen molar-refractivity contribution in [1.29, 1.82) is 0 Å². The Morgan fingerprint density at radius 2 is 0.962 bits per heavy atom. The largest absolute Gasteiger partial charge is 0.467 e. The van der Waals surface area contributed by atoms with Gasteiger partial charge in [0.05, 0.1) is 20.8 Å². The first-order valence-corrected chi connectivity index (χ1v) is 16.6. The SMILES string of the molecule is C.C.COCOc1ccc(-c2ccccc2)c(CO)c1C(=O)OC.COCOc1ccc(-c2ccccc2)c(CSc2ccccc2)c1C(=O)OC. The Morgan fingerprint density at radius 1 is 0.558 bits per heavy atom. The fourth-order valence-corrected chi connectivity index (χ4v) is 6.11. The molecule has 10 heteroatoms. The second-order valence-corrected chi connectivity index (χ2v) is 11.6. The Labute approximate surface area is 311 Å². The maximum atomic E-state index is 12.7. The smallest absolute Gasteiger partial charge is 0.342 e. The zero-order valence-corrected chi connectivity index (χ0v) is 29.2. The number of methoxy groups -OCH3 is 4. The van der Waals surface area contributed by atoms with Crippen LogP contribution in [0, 0.1) is 0 Å². The normalized spacial score (nSPS) is 10.0. The van der Waals surface area contributed by atoms with Crippen LogP contribution >= 0.6 is 11.8 Å². The van der Waals surface area contributed by atoms with Gasteiger partial charge in [-0.05, 0) is 52.1 Å². The van der Waals surface area contributed by atoms with E-state index < -0.39 is 11.9 Å². The van der Waals surface area contributed by atoms with E-state index in [1.807, 2.05) is 84.9 Å². The van der Waals surface area contributed by atoms with Crippen molar-refractivity contribution in [2.75, 3.05) is 42.0 Å². The minimum absolute atomic E-state index is 0. The van der Waals surface area contributed by atoms with Crippen LogP contribution in [0.1, 0.15) is 46.7 Å². The fraction of sp³-hybridized carbons (Fsp3) is 0.238. The highest BCUT2D eigenvalue weighted by Gasteiger charge is 2.23. The molecule has 0 saturated heterocycles. The van der Waals surface area contributed by atoms with Gasteiger partial charge in [0.1, 0.15) is 22.6 Å². The third-order valence-corrected chi connectivity index (χ3v) is 8.49. The molecular weight excluding hydrogens is 681 g/mol. The molecule has 0 bridgehead atoms. The summed E-state index contributed by atoms with van der Waals surface area (Å²) in [7, 11) is 5.70. The van der Waals surface area contributed by atoms with E-state index in [2.05, 4.69) is 12.1 Å². The number of carbonyl (C=O) groups is 2. The molecule has 0 radical (unpaired) electrons. The third-order valence-electron chi connectivity index (χ3n) is 7.45. The molecule has 276 valence electrons. The molecule has 0 atom stereocenters. The molecule has 0 spiro atoms. The van der Waals surface area contributed by atoms with Crippen LogP contribution in [0.2, 0.25) is 0 Å². The minimum Gasteiger partial charge on any atom is -0.467 e. The van der Waals surface area contributed by atoms with Crippen molar-refractivity contribution in [1.82, 2.24) is 0 Å². The molecule has 0 aromatic heterocycles. The van der Waals surface area contributed by atoms with Crippen LogP contribution in [0.15, 0.2) is 120 Å². The van der Waals surface area contributed by atoms with E-state index in [4.69, 9.17) is 28.4 Å². The van der Waals surface area contributed by atoms with Crippen LogP contribution in [0.5, 0.6) is 11.5 Å². The number of carbonyl (C=O) groups excluding carboxylic acids is 2. The molecule has 9 nitrogen and oxygen atoms in total. The lowest BCUT2D eigenvalue weighted by atomic mass is 9.95. The summed E-state index contributed by atoms with van der Waals surface area (Å²) in [4.78, 5) is 25.9. The summed E-state index contributed by atoms with van der Waals surface area (Å²) >= 11 is 1.66. The van der Waals surface area contributed by atoms with E-state index in [0.29, 0.717) is 28.4 Å². The number of benzene rings is 5. The van der Waals surface area contributed by atoms with Gasteiger partial charge in [-0.15, -0.1) is 11.8 Å². The van der Waals surface area contributed by atoms with Gasteiger partial charge in [0, 0.05) is 30.4 Å². The lowest BCUT2D eigenvalue weighted by Gasteiger charge is -2.18. The summed E-state index contributed by atoms with van der Waals surface area (Å²) in [6.07, 6.45) is 0. The topological polar surface area (TPSA) is 110 Å². The van der Waals surface area contributed by atoms with E-state index in [1.165, 1.54) is 21.3 Å². The molecule has 0 aliphatic carbocycles. The number of hydrogen-bond acceptors (Lipinski definition) is 10. The number of rotatable bonds is 14. The van der Waals surface area contributed by atoms with E-state index in [-0.39, 0.29) is 40.6 Å². The maximum Gasteiger partial charge on any atom is 0.342 e. The Hall–Kier alpha value is -5.13. The highest BCUT2D eigenvalue weighted by molar-refractivity contribution is 7.98. The molecule has 0 unspecified atom stereocenters. The van der Waals surface area contributed by atoms with Crippen molar-refractivity contribution in [3.8, 4) is 33.8 Å². The molecular formula is C42H48O9S. The zero-order chi connectivity index (χ0) is 35.7. The van der Waals surface area contributed by atoms with Gasteiger partial charge in [-0.1, -0.05) is 106 Å². The van der Waals surface area contributed by atoms with Gasteiger partial charge in [0.25, 0.3) is 0 Å². The summed E-state index contributed by atoms with van der Waals surface area (Å²) in [6, 6.07) is 36.8. The highest BCUT2D eigenvalue weighted by atomic mass is 32.2. The molecule has 0 fully saturated rings. The Balaban J connectivity index is 0.000000356. The van der Waals surface area contributed by atoms with Crippen molar-refractivity contribution < 1.29 is 43.1 Å². The summed E-state index contributed by atoms with van der Waals surface area (Å²) in [5.41, 5.74) is 5.66. The number of ether oxygens (including phenoxy) is 6. The predicted molar refractivity (Wildman–Crippen MR) is 207 cm³/mol. The first kappa shape index (κ1) is 43.0. The number of esters is 2. The molecule has 5 rings (SSSR count). The number of aliphatic hydroxyl groups is 1. The molecule has 1 N–H and O–H groups in total. The van der Waals surface area contributed by atoms with Crippen molar-refractivity contribution in [2.24, 2.45) is 0 Å². The molecule has 0 aliphatic heterocycles. The van der Waals surface area contributed by atoms with Gasteiger partial charge in [0.15, 0.2) is 13.6 Å². The average Bonchev–Trinajstić information content (AvgIpc) is 3.18. The highest BCUT2D eigenvalue weighted by Crippen LogP contribution is 2.37. The van der Waals surface area contributed by atoms with Gasteiger partial charge in [-0.3, -0.25) is 0 Å². The second kappa shape index (κ2) is 22.6. The summed E-state index contributed by atoms with van der Waals surface area (Å²) < 4.78 is 30.8. The van der Waals surface area contributed by atoms with Crippen LogP contribution in [-0.2, 0) is 31.3 Å². The first-order valence-electron chi connectivity index (χ1n) is 15.6. The van der Waals surface area contributed by atoms with Crippen LogP contribution in [-0.4, -0.2) is 59.1 Å². The summed E-state index contributed by atoms with van der Waals surface area (Å²) in [6.45, 7) is -0.252. The molecule has 0 aliphatic rings. The minimum atomic E-state index is -0.562.